The predicted octanol–water partition coefficient (Wildman–Crippen LogP) is 4.91. The summed E-state index contributed by atoms with van der Waals surface area (Å²) in [4.78, 5) is 13.2. The lowest BCUT2D eigenvalue weighted by Gasteiger charge is -2.30. The highest BCUT2D eigenvalue weighted by Crippen LogP contribution is 2.32. The maximum absolute atomic E-state index is 10.6. The summed E-state index contributed by atoms with van der Waals surface area (Å²) in [5.41, 5.74) is 3.50. The molecule has 0 radical (unpaired) electrons. The normalized spacial score (nSPS) is 18.3. The number of hydrogen-bond acceptors (Lipinski definition) is 3. The third kappa shape index (κ3) is 5.44. The van der Waals surface area contributed by atoms with Crippen LogP contribution < -0.4 is 4.74 Å². The van der Waals surface area contributed by atoms with Crippen molar-refractivity contribution in [2.45, 2.75) is 38.3 Å². The van der Waals surface area contributed by atoms with Crippen LogP contribution in [0.5, 0.6) is 5.75 Å². The minimum absolute atomic E-state index is 0.421. The standard InChI is InChI=1S/C23H27NO3/c1-27-21-13-11-20(12-14-21)22-5-3-2-4-16-24(22)17-19-8-6-18(7-9-19)10-15-23(25)26/h6-15,22H,2-5,16-17H2,1H3,(H,25,26)/b15-10+. The zero-order chi connectivity index (χ0) is 19.1. The molecule has 142 valence electrons. The van der Waals surface area contributed by atoms with Crippen molar-refractivity contribution in [3.63, 3.8) is 0 Å². The molecule has 0 aromatic heterocycles. The molecule has 1 aliphatic rings. The maximum atomic E-state index is 10.6. The van der Waals surface area contributed by atoms with Crippen LogP contribution in [0.15, 0.2) is 54.6 Å². The Morgan fingerprint density at radius 3 is 2.52 bits per heavy atom. The Morgan fingerprint density at radius 2 is 1.85 bits per heavy atom. The molecule has 0 amide bonds. The Balaban J connectivity index is 1.74. The van der Waals surface area contributed by atoms with Gasteiger partial charge in [-0.3, -0.25) is 4.90 Å². The molecule has 1 atom stereocenters. The van der Waals surface area contributed by atoms with E-state index >= 15 is 0 Å². The van der Waals surface area contributed by atoms with E-state index in [1.165, 1.54) is 42.9 Å². The zero-order valence-corrected chi connectivity index (χ0v) is 15.8. The van der Waals surface area contributed by atoms with Gasteiger partial charge in [0.1, 0.15) is 5.75 Å². The van der Waals surface area contributed by atoms with Gasteiger partial charge in [0.15, 0.2) is 0 Å². The molecule has 3 rings (SSSR count). The van der Waals surface area contributed by atoms with Crippen LogP contribution in [0.25, 0.3) is 6.08 Å². The lowest BCUT2D eigenvalue weighted by atomic mass is 10.00. The van der Waals surface area contributed by atoms with E-state index in [4.69, 9.17) is 9.84 Å². The largest absolute Gasteiger partial charge is 0.497 e. The summed E-state index contributed by atoms with van der Waals surface area (Å²) in [5, 5.41) is 8.74. The number of likely N-dealkylation sites (tertiary alicyclic amines) is 1. The molecule has 27 heavy (non-hydrogen) atoms. The first-order chi connectivity index (χ1) is 13.2. The van der Waals surface area contributed by atoms with Gasteiger partial charge in [-0.05, 0) is 54.3 Å². The van der Waals surface area contributed by atoms with Gasteiger partial charge in [-0.25, -0.2) is 4.79 Å². The van der Waals surface area contributed by atoms with Crippen LogP contribution >= 0.6 is 0 Å². The van der Waals surface area contributed by atoms with Crippen LogP contribution in [0.3, 0.4) is 0 Å². The fraction of sp³-hybridized carbons (Fsp3) is 0.348. The number of ether oxygens (including phenoxy) is 1. The van der Waals surface area contributed by atoms with Crippen molar-refractivity contribution in [2.75, 3.05) is 13.7 Å². The van der Waals surface area contributed by atoms with Gasteiger partial charge in [-0.2, -0.15) is 0 Å². The van der Waals surface area contributed by atoms with Gasteiger partial charge in [0.25, 0.3) is 0 Å². The third-order valence-electron chi connectivity index (χ3n) is 5.15. The van der Waals surface area contributed by atoms with Crippen LogP contribution in [0.1, 0.15) is 48.4 Å². The summed E-state index contributed by atoms with van der Waals surface area (Å²) in [7, 11) is 1.70. The van der Waals surface area contributed by atoms with Crippen molar-refractivity contribution < 1.29 is 14.6 Å². The second-order valence-electron chi connectivity index (χ2n) is 7.02. The summed E-state index contributed by atoms with van der Waals surface area (Å²) >= 11 is 0. The topological polar surface area (TPSA) is 49.8 Å². The highest BCUT2D eigenvalue weighted by molar-refractivity contribution is 5.85. The zero-order valence-electron chi connectivity index (χ0n) is 15.8. The number of methoxy groups -OCH3 is 1. The number of rotatable bonds is 6. The van der Waals surface area contributed by atoms with Crippen molar-refractivity contribution in [3.05, 3.63) is 71.3 Å². The molecular weight excluding hydrogens is 338 g/mol. The van der Waals surface area contributed by atoms with E-state index < -0.39 is 5.97 Å². The number of hydrogen-bond donors (Lipinski definition) is 1. The molecule has 0 bridgehead atoms. The van der Waals surface area contributed by atoms with Gasteiger partial charge < -0.3 is 9.84 Å². The van der Waals surface area contributed by atoms with E-state index in [1.54, 1.807) is 13.2 Å². The maximum Gasteiger partial charge on any atom is 0.328 e. The summed E-state index contributed by atoms with van der Waals surface area (Å²) < 4.78 is 5.29. The highest BCUT2D eigenvalue weighted by atomic mass is 16.5. The monoisotopic (exact) mass is 365 g/mol. The van der Waals surface area contributed by atoms with Crippen molar-refractivity contribution in [3.8, 4) is 5.75 Å². The van der Waals surface area contributed by atoms with E-state index in [1.807, 2.05) is 24.3 Å². The second-order valence-corrected chi connectivity index (χ2v) is 7.02. The number of benzene rings is 2. The Bertz CT molecular complexity index is 765. The Labute approximate surface area is 161 Å². The summed E-state index contributed by atoms with van der Waals surface area (Å²) in [6, 6.07) is 17.0. The van der Waals surface area contributed by atoms with Gasteiger partial charge in [0.05, 0.1) is 7.11 Å². The fourth-order valence-electron chi connectivity index (χ4n) is 3.70. The van der Waals surface area contributed by atoms with Gasteiger partial charge in [-0.15, -0.1) is 0 Å². The van der Waals surface area contributed by atoms with Gasteiger partial charge in [0, 0.05) is 18.7 Å². The fourth-order valence-corrected chi connectivity index (χ4v) is 3.70. The Kier molecular flexibility index (Phi) is 6.66. The Morgan fingerprint density at radius 1 is 1.11 bits per heavy atom. The van der Waals surface area contributed by atoms with E-state index in [2.05, 4.69) is 29.2 Å². The van der Waals surface area contributed by atoms with E-state index in [0.717, 1.165) is 24.4 Å². The molecule has 1 aliphatic heterocycles. The van der Waals surface area contributed by atoms with Gasteiger partial charge >= 0.3 is 5.97 Å². The first kappa shape index (κ1) is 19.2. The van der Waals surface area contributed by atoms with Crippen LogP contribution in [0.2, 0.25) is 0 Å². The smallest absolute Gasteiger partial charge is 0.328 e. The quantitative estimate of drug-likeness (QED) is 0.739. The molecule has 4 heteroatoms. The minimum Gasteiger partial charge on any atom is -0.497 e. The molecule has 1 saturated heterocycles. The van der Waals surface area contributed by atoms with Crippen LogP contribution in [-0.4, -0.2) is 29.6 Å². The van der Waals surface area contributed by atoms with Crippen molar-refractivity contribution in [1.82, 2.24) is 4.90 Å². The molecule has 1 unspecified atom stereocenters. The van der Waals surface area contributed by atoms with Crippen LogP contribution in [-0.2, 0) is 11.3 Å². The Hall–Kier alpha value is -2.59. The average molecular weight is 365 g/mol. The van der Waals surface area contributed by atoms with Crippen molar-refractivity contribution in [2.24, 2.45) is 0 Å². The number of carbonyl (C=O) groups is 1. The van der Waals surface area contributed by atoms with E-state index in [-0.39, 0.29) is 0 Å². The minimum atomic E-state index is -0.925. The summed E-state index contributed by atoms with van der Waals surface area (Å²) in [5.74, 6) is -0.0325. The second kappa shape index (κ2) is 9.38. The average Bonchev–Trinajstić information content (AvgIpc) is 2.93. The third-order valence-corrected chi connectivity index (χ3v) is 5.15. The molecule has 1 N–H and O–H groups in total. The molecule has 4 nitrogen and oxygen atoms in total. The first-order valence-electron chi connectivity index (χ1n) is 9.53. The van der Waals surface area contributed by atoms with Crippen LogP contribution in [0, 0.1) is 0 Å². The molecule has 2 aromatic rings. The molecule has 0 spiro atoms. The number of carboxylic acids is 1. The predicted molar refractivity (Wildman–Crippen MR) is 108 cm³/mol. The van der Waals surface area contributed by atoms with Crippen molar-refractivity contribution >= 4 is 12.0 Å². The van der Waals surface area contributed by atoms with Gasteiger partial charge in [-0.1, -0.05) is 49.2 Å². The van der Waals surface area contributed by atoms with E-state index in [9.17, 15) is 4.79 Å². The van der Waals surface area contributed by atoms with E-state index in [0.29, 0.717) is 6.04 Å². The summed E-state index contributed by atoms with van der Waals surface area (Å²) in [6.07, 6.45) is 7.73. The first-order valence-corrected chi connectivity index (χ1v) is 9.53. The van der Waals surface area contributed by atoms with Crippen LogP contribution in [0.4, 0.5) is 0 Å². The molecule has 0 aliphatic carbocycles. The number of carboxylic acid groups (broad SMARTS) is 1. The number of aliphatic carboxylic acids is 1. The molecular formula is C23H27NO3. The summed E-state index contributed by atoms with van der Waals surface area (Å²) in [6.45, 7) is 2.00. The molecule has 1 heterocycles. The molecule has 0 saturated carbocycles. The lowest BCUT2D eigenvalue weighted by Crippen LogP contribution is -2.28. The molecule has 1 fully saturated rings. The van der Waals surface area contributed by atoms with Crippen molar-refractivity contribution in [1.29, 1.82) is 0 Å². The molecule has 2 aromatic carbocycles. The van der Waals surface area contributed by atoms with Gasteiger partial charge in [0.2, 0.25) is 0 Å². The number of nitrogens with zero attached hydrogens (tertiary/aromatic N) is 1. The highest BCUT2D eigenvalue weighted by Gasteiger charge is 2.22. The SMILES string of the molecule is COc1ccc(C2CCCCCN2Cc2ccc(/C=C/C(=O)O)cc2)cc1. The lowest BCUT2D eigenvalue weighted by molar-refractivity contribution is -0.131.